The Morgan fingerprint density at radius 3 is 2.51 bits per heavy atom. The van der Waals surface area contributed by atoms with Gasteiger partial charge in [-0.15, -0.1) is 0 Å². The Labute approximate surface area is 225 Å². The number of rotatable bonds is 12. The molecular weight excluding hydrogens is 508 g/mol. The molecule has 0 aromatic heterocycles. The van der Waals surface area contributed by atoms with Gasteiger partial charge in [0.15, 0.2) is 11.9 Å². The molecule has 1 aliphatic carbocycles. The third kappa shape index (κ3) is 6.50. The van der Waals surface area contributed by atoms with Gasteiger partial charge in [0.25, 0.3) is 11.8 Å². The van der Waals surface area contributed by atoms with Crippen LogP contribution in [-0.4, -0.2) is 65.7 Å². The fraction of sp³-hybridized carbons (Fsp3) is 0.393. The minimum Gasteiger partial charge on any atom is -0.420 e. The number of ketones is 1. The number of Topliss-reactive ketones (excluding diaryl/α,β-unsaturated/α-hetero) is 1. The van der Waals surface area contributed by atoms with Crippen LogP contribution in [0.2, 0.25) is 0 Å². The van der Waals surface area contributed by atoms with Crippen LogP contribution in [0.25, 0.3) is 11.1 Å². The Balaban J connectivity index is 1.40. The number of hydrogen-bond acceptors (Lipinski definition) is 9. The standard InChI is InChI=1S/C28H30N2O9/c1-17(13-15-31)37-16-23(33)29-14-5-10-22(32)20-8-4-9-21-26(20)18-6-2-3-7-19(18)27(21)38-28(36)39-30-24(34)11-12-25(30)35/h2-4,6-9,17,27,31H,5,10-16H2,1H3,(H,29,33). The highest BCUT2D eigenvalue weighted by Crippen LogP contribution is 2.47. The van der Waals surface area contributed by atoms with Gasteiger partial charge in [-0.3, -0.25) is 24.0 Å². The van der Waals surface area contributed by atoms with E-state index in [1.54, 1.807) is 37.3 Å². The molecule has 2 atom stereocenters. The van der Waals surface area contributed by atoms with E-state index in [1.165, 1.54) is 0 Å². The number of nitrogens with zero attached hydrogens (tertiary/aromatic N) is 1. The zero-order valence-electron chi connectivity index (χ0n) is 21.5. The summed E-state index contributed by atoms with van der Waals surface area (Å²) >= 11 is 0. The van der Waals surface area contributed by atoms with Crippen molar-refractivity contribution in [1.82, 2.24) is 10.4 Å². The maximum Gasteiger partial charge on any atom is 0.534 e. The van der Waals surface area contributed by atoms with Crippen molar-refractivity contribution in [2.45, 2.75) is 51.2 Å². The van der Waals surface area contributed by atoms with Gasteiger partial charge in [-0.1, -0.05) is 47.5 Å². The predicted molar refractivity (Wildman–Crippen MR) is 136 cm³/mol. The Bertz CT molecular complexity index is 1260. The molecule has 0 spiro atoms. The topological polar surface area (TPSA) is 149 Å². The molecule has 11 heteroatoms. The van der Waals surface area contributed by atoms with E-state index in [1.807, 2.05) is 12.1 Å². The average molecular weight is 539 g/mol. The molecule has 2 aromatic carbocycles. The summed E-state index contributed by atoms with van der Waals surface area (Å²) in [7, 11) is 0. The number of fused-ring (bicyclic) bond motifs is 3. The average Bonchev–Trinajstić information content (AvgIpc) is 3.41. The summed E-state index contributed by atoms with van der Waals surface area (Å²) in [4.78, 5) is 66.2. The molecule has 4 rings (SSSR count). The number of benzene rings is 2. The minimum absolute atomic E-state index is 0.0177. The monoisotopic (exact) mass is 538 g/mol. The van der Waals surface area contributed by atoms with Crippen LogP contribution in [-0.2, 0) is 28.7 Å². The van der Waals surface area contributed by atoms with Crippen LogP contribution in [0, 0.1) is 0 Å². The summed E-state index contributed by atoms with van der Waals surface area (Å²) in [5.74, 6) is -1.67. The van der Waals surface area contributed by atoms with Crippen molar-refractivity contribution in [3.63, 3.8) is 0 Å². The number of carbonyl (C=O) groups is 5. The molecule has 2 N–H and O–H groups in total. The first-order valence-corrected chi connectivity index (χ1v) is 12.8. The summed E-state index contributed by atoms with van der Waals surface area (Å²) in [5, 5.41) is 12.0. The van der Waals surface area contributed by atoms with Gasteiger partial charge in [0.1, 0.15) is 6.61 Å². The van der Waals surface area contributed by atoms with Crippen LogP contribution in [0.3, 0.4) is 0 Å². The molecule has 2 aliphatic rings. The van der Waals surface area contributed by atoms with Gasteiger partial charge in [-0.2, -0.15) is 0 Å². The van der Waals surface area contributed by atoms with Gasteiger partial charge in [0, 0.05) is 54.7 Å². The van der Waals surface area contributed by atoms with Gasteiger partial charge in [0.2, 0.25) is 5.91 Å². The van der Waals surface area contributed by atoms with Crippen LogP contribution < -0.4 is 5.32 Å². The predicted octanol–water partition coefficient (Wildman–Crippen LogP) is 2.84. The van der Waals surface area contributed by atoms with Crippen molar-refractivity contribution in [3.05, 3.63) is 59.2 Å². The molecule has 1 heterocycles. The zero-order valence-corrected chi connectivity index (χ0v) is 21.5. The van der Waals surface area contributed by atoms with Crippen LogP contribution >= 0.6 is 0 Å². The van der Waals surface area contributed by atoms with E-state index in [4.69, 9.17) is 19.4 Å². The maximum atomic E-state index is 13.2. The first-order valence-electron chi connectivity index (χ1n) is 12.8. The fourth-order valence-corrected chi connectivity index (χ4v) is 4.57. The number of amides is 3. The van der Waals surface area contributed by atoms with Crippen molar-refractivity contribution in [3.8, 4) is 11.1 Å². The lowest BCUT2D eigenvalue weighted by Crippen LogP contribution is -2.32. The smallest absolute Gasteiger partial charge is 0.420 e. The van der Waals surface area contributed by atoms with Crippen molar-refractivity contribution < 1.29 is 43.4 Å². The molecule has 1 saturated heterocycles. The second-order valence-corrected chi connectivity index (χ2v) is 9.29. The summed E-state index contributed by atoms with van der Waals surface area (Å²) in [6.07, 6.45) is -1.37. The number of ether oxygens (including phenoxy) is 2. The van der Waals surface area contributed by atoms with Crippen LogP contribution in [0.5, 0.6) is 0 Å². The Morgan fingerprint density at radius 1 is 1.05 bits per heavy atom. The number of hydrogen-bond donors (Lipinski definition) is 2. The molecule has 0 bridgehead atoms. The molecule has 1 fully saturated rings. The molecule has 2 aromatic rings. The molecule has 39 heavy (non-hydrogen) atoms. The third-order valence-corrected chi connectivity index (χ3v) is 6.52. The first-order chi connectivity index (χ1) is 18.8. The van der Waals surface area contributed by atoms with E-state index in [0.717, 1.165) is 5.56 Å². The molecule has 0 radical (unpaired) electrons. The highest BCUT2D eigenvalue weighted by atomic mass is 16.8. The number of hydroxylamine groups is 2. The normalized spacial score (nSPS) is 16.5. The lowest BCUT2D eigenvalue weighted by molar-refractivity contribution is -0.178. The number of nitrogens with one attached hydrogen (secondary N) is 1. The van der Waals surface area contributed by atoms with Crippen molar-refractivity contribution in [2.24, 2.45) is 0 Å². The summed E-state index contributed by atoms with van der Waals surface area (Å²) in [6.45, 7) is 1.92. The van der Waals surface area contributed by atoms with Crippen LogP contribution in [0.1, 0.15) is 66.6 Å². The molecule has 1 aliphatic heterocycles. The SMILES string of the molecule is CC(CCO)OCC(=O)NCCCC(=O)c1cccc2c1-c1ccccc1C2OC(=O)ON1C(=O)CCC1=O. The van der Waals surface area contributed by atoms with Crippen molar-refractivity contribution >= 4 is 29.7 Å². The zero-order chi connectivity index (χ0) is 27.9. The number of carbonyl (C=O) groups excluding carboxylic acids is 5. The van der Waals surface area contributed by atoms with E-state index in [2.05, 4.69) is 5.32 Å². The largest absolute Gasteiger partial charge is 0.534 e. The van der Waals surface area contributed by atoms with E-state index in [9.17, 15) is 24.0 Å². The quantitative estimate of drug-likeness (QED) is 0.180. The third-order valence-electron chi connectivity index (χ3n) is 6.52. The molecule has 0 saturated carbocycles. The highest BCUT2D eigenvalue weighted by Gasteiger charge is 2.37. The second kappa shape index (κ2) is 12.6. The van der Waals surface area contributed by atoms with Gasteiger partial charge >= 0.3 is 6.16 Å². The fourth-order valence-electron chi connectivity index (χ4n) is 4.57. The van der Waals surface area contributed by atoms with Crippen LogP contribution in [0.4, 0.5) is 4.79 Å². The molecule has 3 amide bonds. The Kier molecular flexibility index (Phi) is 9.05. The van der Waals surface area contributed by atoms with E-state index in [0.29, 0.717) is 46.7 Å². The minimum atomic E-state index is -1.20. The van der Waals surface area contributed by atoms with Gasteiger partial charge in [-0.25, -0.2) is 4.79 Å². The van der Waals surface area contributed by atoms with Gasteiger partial charge in [0.05, 0.1) is 6.10 Å². The van der Waals surface area contributed by atoms with Crippen LogP contribution in [0.15, 0.2) is 42.5 Å². The van der Waals surface area contributed by atoms with E-state index in [-0.39, 0.29) is 50.3 Å². The summed E-state index contributed by atoms with van der Waals surface area (Å²) < 4.78 is 10.9. The maximum absolute atomic E-state index is 13.2. The first kappa shape index (κ1) is 27.9. The molecule has 2 unspecified atom stereocenters. The van der Waals surface area contributed by atoms with E-state index >= 15 is 0 Å². The second-order valence-electron chi connectivity index (χ2n) is 9.29. The number of imide groups is 1. The number of aliphatic hydroxyl groups is 1. The summed E-state index contributed by atoms with van der Waals surface area (Å²) in [5.41, 5.74) is 3.05. The van der Waals surface area contributed by atoms with Gasteiger partial charge in [-0.05, 0) is 25.3 Å². The molecule has 11 nitrogen and oxygen atoms in total. The summed E-state index contributed by atoms with van der Waals surface area (Å²) in [6, 6.07) is 12.3. The highest BCUT2D eigenvalue weighted by molar-refractivity contribution is 6.05. The lowest BCUT2D eigenvalue weighted by Gasteiger charge is -2.17. The van der Waals surface area contributed by atoms with Crippen molar-refractivity contribution in [1.29, 1.82) is 0 Å². The molecule has 206 valence electrons. The van der Waals surface area contributed by atoms with Gasteiger partial charge < -0.3 is 19.9 Å². The lowest BCUT2D eigenvalue weighted by atomic mass is 9.95. The number of aliphatic hydroxyl groups excluding tert-OH is 1. The molecular formula is C28H30N2O9. The van der Waals surface area contributed by atoms with E-state index < -0.39 is 24.1 Å². The van der Waals surface area contributed by atoms with Crippen molar-refractivity contribution in [2.75, 3.05) is 19.8 Å². The Morgan fingerprint density at radius 2 is 1.77 bits per heavy atom. The Hall–Kier alpha value is -4.09.